The minimum atomic E-state index is -2.12. The number of benzene rings is 2. The summed E-state index contributed by atoms with van der Waals surface area (Å²) < 4.78 is 25.4. The zero-order valence-electron chi connectivity index (χ0n) is 20.4. The van der Waals surface area contributed by atoms with Gasteiger partial charge in [-0.1, -0.05) is 81.4 Å². The van der Waals surface area contributed by atoms with Gasteiger partial charge in [-0.25, -0.2) is 4.79 Å². The molecule has 2 fully saturated rings. The minimum Gasteiger partial charge on any atom is -0.457 e. The van der Waals surface area contributed by atoms with Gasteiger partial charge in [0.25, 0.3) is 0 Å². The summed E-state index contributed by atoms with van der Waals surface area (Å²) in [6.45, 7) is 12.0. The van der Waals surface area contributed by atoms with Crippen LogP contribution in [0.2, 0.25) is 18.1 Å². The van der Waals surface area contributed by atoms with Gasteiger partial charge in [0.2, 0.25) is 0 Å². The molecule has 4 rings (SSSR count). The topological polar surface area (TPSA) is 54.0 Å². The maximum Gasteiger partial charge on any atom is 0.339 e. The van der Waals surface area contributed by atoms with Crippen molar-refractivity contribution in [1.29, 1.82) is 0 Å². The lowest BCUT2D eigenvalue weighted by molar-refractivity contribution is -0.162. The smallest absolute Gasteiger partial charge is 0.339 e. The van der Waals surface area contributed by atoms with E-state index in [1.807, 2.05) is 60.7 Å². The van der Waals surface area contributed by atoms with Crippen LogP contribution in [0.4, 0.5) is 0 Å². The van der Waals surface area contributed by atoms with Crippen molar-refractivity contribution in [3.8, 4) is 0 Å². The van der Waals surface area contributed by atoms with Gasteiger partial charge in [0.15, 0.2) is 13.9 Å². The van der Waals surface area contributed by atoms with Gasteiger partial charge in [0.05, 0.1) is 19.3 Å². The predicted octanol–water partition coefficient (Wildman–Crippen LogP) is 5.64. The van der Waals surface area contributed by atoms with Crippen molar-refractivity contribution in [2.45, 2.75) is 88.9 Å². The molecule has 1 aliphatic heterocycles. The Bertz CT molecular complexity index is 940. The van der Waals surface area contributed by atoms with E-state index in [1.54, 1.807) is 0 Å². The van der Waals surface area contributed by atoms with Crippen molar-refractivity contribution >= 4 is 14.3 Å². The fourth-order valence-electron chi connectivity index (χ4n) is 4.34. The number of hydrogen-bond acceptors (Lipinski definition) is 5. The first-order valence-corrected chi connectivity index (χ1v) is 14.7. The fourth-order valence-corrected chi connectivity index (χ4v) is 5.67. The monoisotopic (exact) mass is 468 g/mol. The molecule has 2 aromatic carbocycles. The lowest BCUT2D eigenvalue weighted by Gasteiger charge is -2.45. The van der Waals surface area contributed by atoms with Gasteiger partial charge in [-0.15, -0.1) is 0 Å². The second-order valence-corrected chi connectivity index (χ2v) is 15.6. The standard InChI is InChI=1S/C27H36O5Si/c1-26(2,3)33(4,5)32-23-17-27(30-19-21-14-10-7-11-15-21)16-22(31-25(27)28)24(23)29-18-20-12-8-6-9-13-20/h6-15,22-24H,16-19H2,1-5H3/t22-,23-,24+,27-/m1/s1. The Kier molecular flexibility index (Phi) is 6.83. The highest BCUT2D eigenvalue weighted by atomic mass is 28.4. The van der Waals surface area contributed by atoms with E-state index in [2.05, 4.69) is 33.9 Å². The molecule has 33 heavy (non-hydrogen) atoms. The maximum atomic E-state index is 13.1. The Balaban J connectivity index is 1.56. The van der Waals surface area contributed by atoms with Crippen molar-refractivity contribution < 1.29 is 23.4 Å². The minimum absolute atomic E-state index is 0.0381. The summed E-state index contributed by atoms with van der Waals surface area (Å²) in [5.74, 6) is -0.293. The molecule has 1 heterocycles. The Morgan fingerprint density at radius 2 is 1.52 bits per heavy atom. The quantitative estimate of drug-likeness (QED) is 0.371. The van der Waals surface area contributed by atoms with E-state index in [0.717, 1.165) is 11.1 Å². The zero-order chi connectivity index (χ0) is 23.7. The largest absolute Gasteiger partial charge is 0.457 e. The summed E-state index contributed by atoms with van der Waals surface area (Å²) in [4.78, 5) is 13.1. The Morgan fingerprint density at radius 1 is 0.939 bits per heavy atom. The molecule has 2 aromatic rings. The van der Waals surface area contributed by atoms with Gasteiger partial charge in [0.1, 0.15) is 12.2 Å². The van der Waals surface area contributed by atoms with Crippen LogP contribution in [0.5, 0.6) is 0 Å². The number of ether oxygens (including phenoxy) is 3. The molecule has 4 atom stereocenters. The van der Waals surface area contributed by atoms with E-state index >= 15 is 0 Å². The Labute approximate surface area is 198 Å². The molecule has 1 saturated carbocycles. The molecule has 5 nitrogen and oxygen atoms in total. The third-order valence-electron chi connectivity index (χ3n) is 7.32. The third-order valence-corrected chi connectivity index (χ3v) is 11.8. The second kappa shape index (κ2) is 9.33. The number of hydrogen-bond donors (Lipinski definition) is 0. The molecule has 2 bridgehead atoms. The fraction of sp³-hybridized carbons (Fsp3) is 0.519. The molecule has 0 radical (unpaired) electrons. The van der Waals surface area contributed by atoms with E-state index in [-0.39, 0.29) is 29.3 Å². The number of carbonyl (C=O) groups is 1. The summed E-state index contributed by atoms with van der Waals surface area (Å²) in [6.07, 6.45) is -0.0216. The van der Waals surface area contributed by atoms with Crippen LogP contribution in [-0.4, -0.2) is 38.2 Å². The molecule has 0 aromatic heterocycles. The van der Waals surface area contributed by atoms with Crippen molar-refractivity contribution in [3.05, 3.63) is 71.8 Å². The molecule has 1 saturated heterocycles. The van der Waals surface area contributed by atoms with Crippen LogP contribution in [0.15, 0.2) is 60.7 Å². The molecule has 0 amide bonds. The van der Waals surface area contributed by atoms with Crippen LogP contribution < -0.4 is 0 Å². The Hall–Kier alpha value is -1.99. The zero-order valence-corrected chi connectivity index (χ0v) is 21.4. The van der Waals surface area contributed by atoms with Crippen molar-refractivity contribution in [3.63, 3.8) is 0 Å². The molecule has 2 aliphatic rings. The van der Waals surface area contributed by atoms with Gasteiger partial charge in [-0.2, -0.15) is 0 Å². The van der Waals surface area contributed by atoms with Gasteiger partial charge in [-0.3, -0.25) is 0 Å². The van der Waals surface area contributed by atoms with E-state index < -0.39 is 13.9 Å². The Morgan fingerprint density at radius 3 is 2.09 bits per heavy atom. The lowest BCUT2D eigenvalue weighted by atomic mass is 9.82. The molecular weight excluding hydrogens is 432 g/mol. The molecule has 0 N–H and O–H groups in total. The van der Waals surface area contributed by atoms with Crippen molar-refractivity contribution in [2.24, 2.45) is 0 Å². The SMILES string of the molecule is CC(C)(C)[Si](C)(C)O[C@@H]1C[C@]2(OCc3ccccc3)C[C@@H](OC2=O)[C@@H]1OCc1ccccc1. The van der Waals surface area contributed by atoms with E-state index in [4.69, 9.17) is 18.6 Å². The highest BCUT2D eigenvalue weighted by molar-refractivity contribution is 6.74. The van der Waals surface area contributed by atoms with Crippen LogP contribution in [0, 0.1) is 0 Å². The lowest BCUT2D eigenvalue weighted by Crippen LogP contribution is -2.56. The predicted molar refractivity (Wildman–Crippen MR) is 130 cm³/mol. The molecule has 6 heteroatoms. The molecule has 178 valence electrons. The van der Waals surface area contributed by atoms with Crippen molar-refractivity contribution in [1.82, 2.24) is 0 Å². The summed E-state index contributed by atoms with van der Waals surface area (Å²) in [5.41, 5.74) is 1.14. The van der Waals surface area contributed by atoms with Crippen LogP contribution in [0.1, 0.15) is 44.7 Å². The van der Waals surface area contributed by atoms with Crippen LogP contribution >= 0.6 is 0 Å². The third kappa shape index (κ3) is 5.24. The highest BCUT2D eigenvalue weighted by Crippen LogP contribution is 2.46. The van der Waals surface area contributed by atoms with Gasteiger partial charge in [0, 0.05) is 12.8 Å². The molecular formula is C27H36O5Si. The number of fused-ring (bicyclic) bond motifs is 2. The number of carbonyl (C=O) groups excluding carboxylic acids is 1. The summed E-state index contributed by atoms with van der Waals surface area (Å²) >= 11 is 0. The van der Waals surface area contributed by atoms with Crippen LogP contribution in [-0.2, 0) is 36.6 Å². The second-order valence-electron chi connectivity index (χ2n) is 10.8. The average molecular weight is 469 g/mol. The van der Waals surface area contributed by atoms with Crippen LogP contribution in [0.25, 0.3) is 0 Å². The van der Waals surface area contributed by atoms with Gasteiger partial charge < -0.3 is 18.6 Å². The van der Waals surface area contributed by atoms with Crippen molar-refractivity contribution in [2.75, 3.05) is 0 Å². The summed E-state index contributed by atoms with van der Waals surface area (Å²) in [6, 6.07) is 20.0. The normalized spacial score (nSPS) is 27.4. The summed E-state index contributed by atoms with van der Waals surface area (Å²) in [7, 11) is -2.12. The van der Waals surface area contributed by atoms with Gasteiger partial charge >= 0.3 is 5.97 Å². The van der Waals surface area contributed by atoms with E-state index in [0.29, 0.717) is 26.1 Å². The maximum absolute atomic E-state index is 13.1. The van der Waals surface area contributed by atoms with Crippen LogP contribution in [0.3, 0.4) is 0 Å². The molecule has 1 aliphatic carbocycles. The average Bonchev–Trinajstić information content (AvgIpc) is 3.04. The number of esters is 1. The molecule has 0 unspecified atom stereocenters. The summed E-state index contributed by atoms with van der Waals surface area (Å²) in [5, 5.41) is 0.0381. The van der Waals surface area contributed by atoms with E-state index in [1.165, 1.54) is 0 Å². The first kappa shape index (κ1) is 24.1. The van der Waals surface area contributed by atoms with E-state index in [9.17, 15) is 4.79 Å². The number of rotatable bonds is 8. The first-order valence-electron chi connectivity index (χ1n) is 11.8. The van der Waals surface area contributed by atoms with Gasteiger partial charge in [-0.05, 0) is 29.3 Å². The molecule has 0 spiro atoms. The first-order chi connectivity index (χ1) is 15.6. The highest BCUT2D eigenvalue weighted by Gasteiger charge is 2.61.